The van der Waals surface area contributed by atoms with E-state index in [9.17, 15) is 9.59 Å². The molecule has 0 spiro atoms. The van der Waals surface area contributed by atoms with Gasteiger partial charge in [-0.1, -0.05) is 5.92 Å². The second kappa shape index (κ2) is 7.86. The molecule has 0 amide bonds. The summed E-state index contributed by atoms with van der Waals surface area (Å²) in [5.74, 6) is 2.66. The van der Waals surface area contributed by atoms with Gasteiger partial charge in [0.2, 0.25) is 0 Å². The summed E-state index contributed by atoms with van der Waals surface area (Å²) >= 11 is 3.48. The van der Waals surface area contributed by atoms with Crippen molar-refractivity contribution < 1.29 is 9.47 Å². The molecule has 0 fully saturated rings. The van der Waals surface area contributed by atoms with Gasteiger partial charge >= 0.3 is 0 Å². The van der Waals surface area contributed by atoms with E-state index in [4.69, 9.17) is 15.9 Å². The number of methoxy groups -OCH3 is 1. The lowest BCUT2D eigenvalue weighted by molar-refractivity contribution is 0.328. The molecule has 0 atom stereocenters. The molecule has 0 bridgehead atoms. The number of hydrogen-bond donors (Lipinski definition) is 4. The number of halogens is 1. The molecule has 8 nitrogen and oxygen atoms in total. The highest BCUT2D eigenvalue weighted by atomic mass is 79.9. The molecular weight excluding hydrogens is 428 g/mol. The molecule has 146 valence electrons. The van der Waals surface area contributed by atoms with Gasteiger partial charge in [0.1, 0.15) is 6.61 Å². The van der Waals surface area contributed by atoms with Gasteiger partial charge < -0.3 is 19.7 Å². The highest BCUT2D eigenvalue weighted by Crippen LogP contribution is 2.41. The lowest BCUT2D eigenvalue weighted by Gasteiger charge is -2.19. The van der Waals surface area contributed by atoms with Crippen molar-refractivity contribution in [2.45, 2.75) is 19.8 Å². The Labute approximate surface area is 168 Å². The van der Waals surface area contributed by atoms with Crippen molar-refractivity contribution >= 4 is 15.9 Å². The average molecular weight is 447 g/mol. The number of hydrogen-bond acceptors (Lipinski definition) is 4. The first-order chi connectivity index (χ1) is 13.4. The molecule has 0 unspecified atom stereocenters. The Morgan fingerprint density at radius 3 is 2.07 bits per heavy atom. The number of benzene rings is 1. The van der Waals surface area contributed by atoms with Crippen LogP contribution >= 0.6 is 15.9 Å². The third-order valence-electron chi connectivity index (χ3n) is 4.49. The van der Waals surface area contributed by atoms with Gasteiger partial charge in [-0.25, -0.2) is 0 Å². The smallest absolute Gasteiger partial charge is 0.268 e. The molecule has 0 saturated carbocycles. The molecule has 0 aliphatic rings. The first-order valence-electron chi connectivity index (χ1n) is 8.37. The fourth-order valence-corrected chi connectivity index (χ4v) is 3.82. The molecule has 1 aromatic carbocycles. The summed E-state index contributed by atoms with van der Waals surface area (Å²) in [5.41, 5.74) is 2.24. The fraction of sp³-hybridized carbons (Fsp3) is 0.263. The maximum Gasteiger partial charge on any atom is 0.268 e. The standard InChI is InChI=1S/C19H19BrN4O4/c1-5-6-28-17-12(20)7-11(8-13(17)27-4)16(14-9(2)21-23-18(14)25)15-10(3)22-24-19(15)26/h1,7-8,16H,6H2,2-4H3,(H2,21,23,25)(H2,22,24,26). The van der Waals surface area contributed by atoms with Crippen molar-refractivity contribution in [3.05, 3.63) is 65.4 Å². The van der Waals surface area contributed by atoms with Gasteiger partial charge in [0, 0.05) is 17.3 Å². The Morgan fingerprint density at radius 1 is 1.07 bits per heavy atom. The van der Waals surface area contributed by atoms with Crippen LogP contribution < -0.4 is 20.6 Å². The molecule has 0 radical (unpaired) electrons. The zero-order valence-electron chi connectivity index (χ0n) is 15.5. The van der Waals surface area contributed by atoms with E-state index in [1.54, 1.807) is 26.0 Å². The molecule has 9 heteroatoms. The third kappa shape index (κ3) is 3.39. The van der Waals surface area contributed by atoms with E-state index in [0.29, 0.717) is 44.0 Å². The maximum atomic E-state index is 12.5. The second-order valence-electron chi connectivity index (χ2n) is 6.20. The molecule has 2 heterocycles. The Balaban J connectivity index is 2.28. The Bertz CT molecular complexity index is 1110. The predicted octanol–water partition coefficient (Wildman–Crippen LogP) is 2.30. The highest BCUT2D eigenvalue weighted by Gasteiger charge is 2.29. The van der Waals surface area contributed by atoms with E-state index in [0.717, 1.165) is 0 Å². The number of aromatic nitrogens is 4. The first-order valence-corrected chi connectivity index (χ1v) is 9.16. The van der Waals surface area contributed by atoms with Crippen LogP contribution in [0.2, 0.25) is 0 Å². The van der Waals surface area contributed by atoms with Crippen LogP contribution in [0.4, 0.5) is 0 Å². The van der Waals surface area contributed by atoms with Gasteiger partial charge in [-0.2, -0.15) is 0 Å². The largest absolute Gasteiger partial charge is 0.493 e. The summed E-state index contributed by atoms with van der Waals surface area (Å²) in [7, 11) is 1.51. The third-order valence-corrected chi connectivity index (χ3v) is 5.08. The molecule has 0 aliphatic heterocycles. The normalized spacial score (nSPS) is 10.9. The Morgan fingerprint density at radius 2 is 1.64 bits per heavy atom. The van der Waals surface area contributed by atoms with Crippen LogP contribution in [0.3, 0.4) is 0 Å². The summed E-state index contributed by atoms with van der Waals surface area (Å²) in [6, 6.07) is 3.52. The molecule has 28 heavy (non-hydrogen) atoms. The molecule has 0 aliphatic carbocycles. The van der Waals surface area contributed by atoms with Gasteiger partial charge in [0.25, 0.3) is 11.1 Å². The van der Waals surface area contributed by atoms with Crippen LogP contribution in [-0.4, -0.2) is 34.1 Å². The highest BCUT2D eigenvalue weighted by molar-refractivity contribution is 9.10. The van der Waals surface area contributed by atoms with E-state index < -0.39 is 5.92 Å². The number of terminal acetylenes is 1. The molecule has 2 aromatic heterocycles. The number of H-pyrrole nitrogens is 4. The van der Waals surface area contributed by atoms with Gasteiger partial charge in [-0.3, -0.25) is 19.8 Å². The molecule has 4 N–H and O–H groups in total. The maximum absolute atomic E-state index is 12.5. The topological polar surface area (TPSA) is 116 Å². The van der Waals surface area contributed by atoms with Crippen LogP contribution in [0.1, 0.15) is 34.0 Å². The molecule has 3 rings (SSSR count). The monoisotopic (exact) mass is 446 g/mol. The summed E-state index contributed by atoms with van der Waals surface area (Å²) in [5, 5.41) is 10.8. The number of nitrogens with one attached hydrogen (secondary N) is 4. The number of aryl methyl sites for hydroxylation is 2. The molecule has 3 aromatic rings. The minimum absolute atomic E-state index is 0.0743. The Hall–Kier alpha value is -3.12. The molecule has 0 saturated heterocycles. The SMILES string of the molecule is C#CCOc1c(Br)cc(C(c2c(C)[nH][nH]c2=O)c2c(C)[nH][nH]c2=O)cc1OC. The van der Waals surface area contributed by atoms with E-state index in [-0.39, 0.29) is 17.7 Å². The predicted molar refractivity (Wildman–Crippen MR) is 108 cm³/mol. The van der Waals surface area contributed by atoms with Crippen LogP contribution in [0.25, 0.3) is 0 Å². The van der Waals surface area contributed by atoms with Crippen LogP contribution in [0, 0.1) is 26.2 Å². The number of ether oxygens (including phenoxy) is 2. The van der Waals surface area contributed by atoms with E-state index in [2.05, 4.69) is 42.2 Å². The van der Waals surface area contributed by atoms with Crippen molar-refractivity contribution in [2.75, 3.05) is 13.7 Å². The minimum Gasteiger partial charge on any atom is -0.493 e. The lowest BCUT2D eigenvalue weighted by atomic mass is 9.85. The van der Waals surface area contributed by atoms with E-state index in [1.807, 2.05) is 0 Å². The quantitative estimate of drug-likeness (QED) is 0.434. The van der Waals surface area contributed by atoms with Crippen LogP contribution in [-0.2, 0) is 0 Å². The Kier molecular flexibility index (Phi) is 5.51. The summed E-state index contributed by atoms with van der Waals surface area (Å²) in [4.78, 5) is 25.0. The lowest BCUT2D eigenvalue weighted by Crippen LogP contribution is -2.20. The van der Waals surface area contributed by atoms with Crippen molar-refractivity contribution in [2.24, 2.45) is 0 Å². The number of rotatable bonds is 6. The first kappa shape index (κ1) is 19.6. The van der Waals surface area contributed by atoms with Crippen LogP contribution in [0.15, 0.2) is 26.2 Å². The van der Waals surface area contributed by atoms with E-state index >= 15 is 0 Å². The van der Waals surface area contributed by atoms with Gasteiger partial charge in [0.05, 0.1) is 22.7 Å². The minimum atomic E-state index is -0.628. The zero-order valence-corrected chi connectivity index (χ0v) is 17.1. The van der Waals surface area contributed by atoms with Crippen molar-refractivity contribution in [1.29, 1.82) is 0 Å². The van der Waals surface area contributed by atoms with Crippen LogP contribution in [0.5, 0.6) is 11.5 Å². The second-order valence-corrected chi connectivity index (χ2v) is 7.05. The van der Waals surface area contributed by atoms with Gasteiger partial charge in [0.15, 0.2) is 11.5 Å². The van der Waals surface area contributed by atoms with Gasteiger partial charge in [-0.15, -0.1) is 6.42 Å². The van der Waals surface area contributed by atoms with Crippen molar-refractivity contribution in [3.63, 3.8) is 0 Å². The van der Waals surface area contributed by atoms with Gasteiger partial charge in [-0.05, 0) is 47.5 Å². The van der Waals surface area contributed by atoms with Crippen molar-refractivity contribution in [1.82, 2.24) is 20.4 Å². The zero-order chi connectivity index (χ0) is 20.4. The average Bonchev–Trinajstić information content (AvgIpc) is 3.17. The summed E-state index contributed by atoms with van der Waals surface area (Å²) in [6.07, 6.45) is 5.28. The van der Waals surface area contributed by atoms with Crippen molar-refractivity contribution in [3.8, 4) is 23.8 Å². The molecular formula is C19H19BrN4O4. The summed E-state index contributed by atoms with van der Waals surface area (Å²) < 4.78 is 11.6. The van der Waals surface area contributed by atoms with E-state index in [1.165, 1.54) is 7.11 Å². The summed E-state index contributed by atoms with van der Waals surface area (Å²) in [6.45, 7) is 3.62. The fourth-order valence-electron chi connectivity index (χ4n) is 3.24. The number of aromatic amines is 4.